The third-order valence-corrected chi connectivity index (χ3v) is 7.06. The second-order valence-corrected chi connectivity index (χ2v) is 9.42. The lowest BCUT2D eigenvalue weighted by Gasteiger charge is -2.35. The Bertz CT molecular complexity index is 1490. The lowest BCUT2D eigenvalue weighted by atomic mass is 9.76. The molecule has 1 fully saturated rings. The van der Waals surface area contributed by atoms with E-state index in [1.54, 1.807) is 6.20 Å². The lowest BCUT2D eigenvalue weighted by molar-refractivity contribution is -0.137. The highest BCUT2D eigenvalue weighted by atomic mass is 19.4. The Morgan fingerprint density at radius 3 is 2.61 bits per heavy atom. The number of nitrogens with zero attached hydrogens (tertiary/aromatic N) is 5. The number of hydrogen-bond acceptors (Lipinski definition) is 8. The maximum atomic E-state index is 13.3. The molecule has 0 saturated carbocycles. The van der Waals surface area contributed by atoms with Crippen LogP contribution in [0.1, 0.15) is 48.2 Å². The minimum Gasteiger partial charge on any atom is -0.395 e. The highest BCUT2D eigenvalue weighted by Gasteiger charge is 2.35. The molecule has 1 aliphatic rings. The summed E-state index contributed by atoms with van der Waals surface area (Å²) in [5.74, 6) is 0.204. The zero-order valence-corrected chi connectivity index (χ0v) is 20.5. The SMILES string of the molecule is CC(Nc1ncc(C#N)c(-c2c[nH]c3ncc(C(F)(F)F)cc23)n1)c1ccc(C2(CO)CCNCC2)nc1. The Morgan fingerprint density at radius 2 is 1.95 bits per heavy atom. The summed E-state index contributed by atoms with van der Waals surface area (Å²) < 4.78 is 39.9. The van der Waals surface area contributed by atoms with E-state index in [2.05, 4.69) is 35.6 Å². The van der Waals surface area contributed by atoms with Gasteiger partial charge in [-0.2, -0.15) is 18.4 Å². The van der Waals surface area contributed by atoms with Gasteiger partial charge in [-0.25, -0.2) is 15.0 Å². The topological polar surface area (TPSA) is 135 Å². The maximum absolute atomic E-state index is 13.3. The van der Waals surface area contributed by atoms with Crippen LogP contribution in [0.2, 0.25) is 0 Å². The molecular formula is C26H25F3N8O. The monoisotopic (exact) mass is 522 g/mol. The van der Waals surface area contributed by atoms with Crippen molar-refractivity contribution in [3.8, 4) is 17.3 Å². The molecule has 4 aromatic heterocycles. The number of rotatable bonds is 6. The first-order valence-electron chi connectivity index (χ1n) is 12.1. The molecule has 1 unspecified atom stereocenters. The summed E-state index contributed by atoms with van der Waals surface area (Å²) in [7, 11) is 0. The van der Waals surface area contributed by atoms with Crippen molar-refractivity contribution in [3.63, 3.8) is 0 Å². The van der Waals surface area contributed by atoms with Gasteiger partial charge >= 0.3 is 6.18 Å². The maximum Gasteiger partial charge on any atom is 0.417 e. The van der Waals surface area contributed by atoms with Crippen molar-refractivity contribution >= 4 is 17.0 Å². The number of hydrogen-bond donors (Lipinski definition) is 4. The van der Waals surface area contributed by atoms with Gasteiger partial charge in [0.05, 0.1) is 35.7 Å². The van der Waals surface area contributed by atoms with Crippen LogP contribution < -0.4 is 10.6 Å². The number of H-pyrrole nitrogens is 1. The molecule has 0 spiro atoms. The Balaban J connectivity index is 1.42. The highest BCUT2D eigenvalue weighted by molar-refractivity contribution is 5.94. The molecule has 4 N–H and O–H groups in total. The van der Waals surface area contributed by atoms with Crippen molar-refractivity contribution < 1.29 is 18.3 Å². The van der Waals surface area contributed by atoms with Crippen LogP contribution in [0.5, 0.6) is 0 Å². The van der Waals surface area contributed by atoms with E-state index in [0.29, 0.717) is 5.56 Å². The molecule has 0 bridgehead atoms. The first-order chi connectivity index (χ1) is 18.2. The number of piperidine rings is 1. The van der Waals surface area contributed by atoms with Gasteiger partial charge in [-0.15, -0.1) is 0 Å². The van der Waals surface area contributed by atoms with E-state index in [1.165, 1.54) is 12.4 Å². The number of aromatic amines is 1. The summed E-state index contributed by atoms with van der Waals surface area (Å²) in [4.78, 5) is 20.1. The minimum absolute atomic E-state index is 0.0323. The number of pyridine rings is 2. The summed E-state index contributed by atoms with van der Waals surface area (Å²) in [6.45, 7) is 3.58. The van der Waals surface area contributed by atoms with Crippen LogP contribution in [0.25, 0.3) is 22.3 Å². The van der Waals surface area contributed by atoms with E-state index in [9.17, 15) is 23.5 Å². The van der Waals surface area contributed by atoms with Gasteiger partial charge in [0.15, 0.2) is 0 Å². The summed E-state index contributed by atoms with van der Waals surface area (Å²) in [5, 5.41) is 26.4. The van der Waals surface area contributed by atoms with Crippen LogP contribution >= 0.6 is 0 Å². The largest absolute Gasteiger partial charge is 0.417 e. The van der Waals surface area contributed by atoms with Crippen LogP contribution in [0.15, 0.2) is 43.0 Å². The van der Waals surface area contributed by atoms with Crippen molar-refractivity contribution in [1.29, 1.82) is 5.26 Å². The molecule has 12 heteroatoms. The van der Waals surface area contributed by atoms with E-state index in [1.807, 2.05) is 25.1 Å². The van der Waals surface area contributed by atoms with Crippen molar-refractivity contribution in [2.24, 2.45) is 0 Å². The average Bonchev–Trinajstić information content (AvgIpc) is 3.36. The van der Waals surface area contributed by atoms with Crippen LogP contribution in [-0.2, 0) is 11.6 Å². The first-order valence-corrected chi connectivity index (χ1v) is 12.1. The molecule has 1 aliphatic heterocycles. The number of fused-ring (bicyclic) bond motifs is 1. The minimum atomic E-state index is -4.56. The number of aliphatic hydroxyl groups excluding tert-OH is 1. The Labute approximate surface area is 216 Å². The van der Waals surface area contributed by atoms with Crippen LogP contribution in [-0.4, -0.2) is 49.7 Å². The van der Waals surface area contributed by atoms with Gasteiger partial charge in [0, 0.05) is 40.6 Å². The number of nitriles is 1. The normalized spacial score (nSPS) is 16.2. The molecule has 0 aliphatic carbocycles. The number of alkyl halides is 3. The van der Waals surface area contributed by atoms with Gasteiger partial charge in [-0.3, -0.25) is 4.98 Å². The number of nitrogens with one attached hydrogen (secondary N) is 3. The zero-order chi connectivity index (χ0) is 26.9. The molecule has 5 heterocycles. The van der Waals surface area contributed by atoms with Crippen LogP contribution in [0.3, 0.4) is 0 Å². The van der Waals surface area contributed by atoms with Crippen molar-refractivity contribution in [3.05, 3.63) is 65.4 Å². The number of aliphatic hydroxyl groups is 1. The van der Waals surface area contributed by atoms with Gasteiger partial charge in [0.25, 0.3) is 0 Å². The molecule has 196 valence electrons. The zero-order valence-electron chi connectivity index (χ0n) is 20.5. The van der Waals surface area contributed by atoms with Crippen molar-refractivity contribution in [2.45, 2.75) is 37.4 Å². The third kappa shape index (κ3) is 4.78. The standard InChI is InChI=1S/C26H25F3N8O/c1-15(16-2-3-21(32-10-16)25(14-38)4-6-31-7-5-25)36-24-35-11-17(9-30)22(37-24)20-13-34-23-19(20)8-18(12-33-23)26(27,28)29/h2-3,8,10-13,15,31,38H,4-7,14H2,1H3,(H,33,34)(H,35,36,37). The third-order valence-electron chi connectivity index (χ3n) is 7.06. The molecule has 0 amide bonds. The smallest absolute Gasteiger partial charge is 0.395 e. The molecular weight excluding hydrogens is 497 g/mol. The van der Waals surface area contributed by atoms with Gasteiger partial charge in [-0.05, 0) is 50.6 Å². The first kappa shape index (κ1) is 25.6. The molecule has 1 atom stereocenters. The predicted molar refractivity (Wildman–Crippen MR) is 134 cm³/mol. The Kier molecular flexibility index (Phi) is 6.73. The van der Waals surface area contributed by atoms with Crippen molar-refractivity contribution in [2.75, 3.05) is 25.0 Å². The Morgan fingerprint density at radius 1 is 1.16 bits per heavy atom. The van der Waals surface area contributed by atoms with Gasteiger partial charge < -0.3 is 20.7 Å². The summed E-state index contributed by atoms with van der Waals surface area (Å²) in [5.41, 5.74) is 1.32. The van der Waals surface area contributed by atoms with Gasteiger partial charge in [-0.1, -0.05) is 6.07 Å². The van der Waals surface area contributed by atoms with E-state index < -0.39 is 11.7 Å². The van der Waals surface area contributed by atoms with E-state index in [-0.39, 0.29) is 46.3 Å². The second-order valence-electron chi connectivity index (χ2n) is 9.42. The fourth-order valence-electron chi connectivity index (χ4n) is 4.75. The summed E-state index contributed by atoms with van der Waals surface area (Å²) in [6, 6.07) is 6.60. The van der Waals surface area contributed by atoms with Gasteiger partial charge in [0.1, 0.15) is 11.7 Å². The molecule has 38 heavy (non-hydrogen) atoms. The summed E-state index contributed by atoms with van der Waals surface area (Å²) >= 11 is 0. The van der Waals surface area contributed by atoms with Gasteiger partial charge in [0.2, 0.25) is 5.95 Å². The number of aromatic nitrogens is 5. The molecule has 0 aromatic carbocycles. The fraction of sp³-hybridized carbons (Fsp3) is 0.346. The highest BCUT2D eigenvalue weighted by Crippen LogP contribution is 2.35. The number of anilines is 1. The lowest BCUT2D eigenvalue weighted by Crippen LogP contribution is -2.43. The molecule has 5 rings (SSSR count). The van der Waals surface area contributed by atoms with Crippen LogP contribution in [0, 0.1) is 11.3 Å². The quantitative estimate of drug-likeness (QED) is 0.297. The van der Waals surface area contributed by atoms with Crippen molar-refractivity contribution in [1.82, 2.24) is 30.2 Å². The molecule has 0 radical (unpaired) electrons. The average molecular weight is 523 g/mol. The van der Waals surface area contributed by atoms with Crippen LogP contribution in [0.4, 0.5) is 19.1 Å². The fourth-order valence-corrected chi connectivity index (χ4v) is 4.75. The molecule has 4 aromatic rings. The van der Waals surface area contributed by atoms with E-state index >= 15 is 0 Å². The molecule has 1 saturated heterocycles. The van der Waals surface area contributed by atoms with E-state index in [0.717, 1.165) is 49.5 Å². The molecule has 9 nitrogen and oxygen atoms in total. The van der Waals surface area contributed by atoms with E-state index in [4.69, 9.17) is 0 Å². The predicted octanol–water partition coefficient (Wildman–Crippen LogP) is 4.09. The second kappa shape index (κ2) is 10.00. The Hall–Kier alpha value is -4.08. The summed E-state index contributed by atoms with van der Waals surface area (Å²) in [6.07, 6.45) is 2.38. The number of halogens is 3.